The molecule has 0 aliphatic carbocycles. The van der Waals surface area contributed by atoms with Gasteiger partial charge in [-0.25, -0.2) is 4.79 Å². The molecule has 3 heteroatoms. The van der Waals surface area contributed by atoms with E-state index in [0.717, 1.165) is 5.56 Å². The Morgan fingerprint density at radius 3 is 2.64 bits per heavy atom. The summed E-state index contributed by atoms with van der Waals surface area (Å²) in [4.78, 5) is 12.9. The van der Waals surface area contributed by atoms with Gasteiger partial charge in [0.2, 0.25) is 0 Å². The van der Waals surface area contributed by atoms with Crippen molar-refractivity contribution in [3.8, 4) is 0 Å². The molecule has 2 rings (SSSR count). The van der Waals surface area contributed by atoms with Crippen LogP contribution in [0.3, 0.4) is 0 Å². The normalized spacial score (nSPS) is 15.9. The number of carbonyl (C=O) groups is 1. The molecular weight excluding hydrogens is 178 g/mol. The van der Waals surface area contributed by atoms with Gasteiger partial charge in [-0.2, -0.15) is 0 Å². The first kappa shape index (κ1) is 8.81. The Bertz CT molecular complexity index is 359. The SMILES string of the molecule is C=C1CN(Cc2ccccc2)C(=O)O1. The number of amides is 1. The minimum atomic E-state index is -0.307. The first-order valence-corrected chi connectivity index (χ1v) is 4.44. The quantitative estimate of drug-likeness (QED) is 0.713. The average molecular weight is 189 g/mol. The van der Waals surface area contributed by atoms with E-state index in [9.17, 15) is 4.79 Å². The van der Waals surface area contributed by atoms with Crippen molar-refractivity contribution in [2.75, 3.05) is 6.54 Å². The molecule has 0 atom stereocenters. The molecule has 72 valence electrons. The lowest BCUT2D eigenvalue weighted by molar-refractivity contribution is 0.167. The van der Waals surface area contributed by atoms with Gasteiger partial charge >= 0.3 is 6.09 Å². The Hall–Kier alpha value is -1.77. The zero-order valence-electron chi connectivity index (χ0n) is 7.77. The smallest absolute Gasteiger partial charge is 0.413 e. The van der Waals surface area contributed by atoms with Gasteiger partial charge in [0, 0.05) is 6.54 Å². The fourth-order valence-electron chi connectivity index (χ4n) is 1.42. The highest BCUT2D eigenvalue weighted by Gasteiger charge is 2.24. The molecule has 0 unspecified atom stereocenters. The van der Waals surface area contributed by atoms with Crippen LogP contribution in [0.5, 0.6) is 0 Å². The molecule has 1 amide bonds. The molecule has 1 fully saturated rings. The van der Waals surface area contributed by atoms with E-state index in [-0.39, 0.29) is 6.09 Å². The van der Waals surface area contributed by atoms with E-state index >= 15 is 0 Å². The molecule has 1 aliphatic heterocycles. The summed E-state index contributed by atoms with van der Waals surface area (Å²) in [6.07, 6.45) is -0.307. The zero-order chi connectivity index (χ0) is 9.97. The Morgan fingerprint density at radius 2 is 2.07 bits per heavy atom. The number of hydrogen-bond donors (Lipinski definition) is 0. The molecule has 0 N–H and O–H groups in total. The van der Waals surface area contributed by atoms with E-state index in [2.05, 4.69) is 6.58 Å². The number of cyclic esters (lactones) is 1. The second-order valence-corrected chi connectivity index (χ2v) is 3.25. The van der Waals surface area contributed by atoms with Crippen molar-refractivity contribution >= 4 is 6.09 Å². The minimum absolute atomic E-state index is 0.307. The summed E-state index contributed by atoms with van der Waals surface area (Å²) in [5.74, 6) is 0.519. The van der Waals surface area contributed by atoms with E-state index in [0.29, 0.717) is 18.8 Å². The Balaban J connectivity index is 2.05. The highest BCUT2D eigenvalue weighted by Crippen LogP contribution is 2.15. The largest absolute Gasteiger partial charge is 0.415 e. The summed E-state index contributed by atoms with van der Waals surface area (Å²) >= 11 is 0. The number of carbonyl (C=O) groups excluding carboxylic acids is 1. The van der Waals surface area contributed by atoms with E-state index < -0.39 is 0 Å². The van der Waals surface area contributed by atoms with Gasteiger partial charge in [0.1, 0.15) is 5.76 Å². The van der Waals surface area contributed by atoms with Gasteiger partial charge in [-0.1, -0.05) is 36.9 Å². The minimum Gasteiger partial charge on any atom is -0.413 e. The fraction of sp³-hybridized carbons (Fsp3) is 0.182. The fourth-order valence-corrected chi connectivity index (χ4v) is 1.42. The number of nitrogens with zero attached hydrogens (tertiary/aromatic N) is 1. The second kappa shape index (κ2) is 3.54. The maximum Gasteiger partial charge on any atom is 0.415 e. The van der Waals surface area contributed by atoms with Gasteiger partial charge in [0.15, 0.2) is 0 Å². The zero-order valence-corrected chi connectivity index (χ0v) is 7.77. The Morgan fingerprint density at radius 1 is 1.36 bits per heavy atom. The lowest BCUT2D eigenvalue weighted by Crippen LogP contribution is -2.23. The first-order valence-electron chi connectivity index (χ1n) is 4.44. The van der Waals surface area contributed by atoms with Crippen molar-refractivity contribution in [2.24, 2.45) is 0 Å². The molecular formula is C11H11NO2. The van der Waals surface area contributed by atoms with Crippen LogP contribution in [0.25, 0.3) is 0 Å². The third-order valence-corrected chi connectivity index (χ3v) is 2.07. The predicted molar refractivity (Wildman–Crippen MR) is 52.5 cm³/mol. The van der Waals surface area contributed by atoms with Crippen LogP contribution in [0.15, 0.2) is 42.7 Å². The lowest BCUT2D eigenvalue weighted by atomic mass is 10.2. The van der Waals surface area contributed by atoms with Crippen LogP contribution >= 0.6 is 0 Å². The molecule has 1 aromatic rings. The van der Waals surface area contributed by atoms with Crippen molar-refractivity contribution in [2.45, 2.75) is 6.54 Å². The molecule has 3 nitrogen and oxygen atoms in total. The summed E-state index contributed by atoms with van der Waals surface area (Å²) in [6.45, 7) is 4.69. The van der Waals surface area contributed by atoms with E-state index in [1.807, 2.05) is 30.3 Å². The van der Waals surface area contributed by atoms with Gasteiger partial charge in [0.05, 0.1) is 6.54 Å². The van der Waals surface area contributed by atoms with Crippen molar-refractivity contribution in [3.63, 3.8) is 0 Å². The van der Waals surface area contributed by atoms with Gasteiger partial charge in [0.25, 0.3) is 0 Å². The molecule has 1 heterocycles. The van der Waals surface area contributed by atoms with Crippen LogP contribution in [0.2, 0.25) is 0 Å². The molecule has 0 bridgehead atoms. The molecule has 0 spiro atoms. The second-order valence-electron chi connectivity index (χ2n) is 3.25. The highest BCUT2D eigenvalue weighted by molar-refractivity contribution is 5.71. The Kier molecular flexibility index (Phi) is 2.23. The molecule has 1 saturated heterocycles. The average Bonchev–Trinajstić information content (AvgIpc) is 2.47. The van der Waals surface area contributed by atoms with Crippen LogP contribution in [-0.2, 0) is 11.3 Å². The topological polar surface area (TPSA) is 29.5 Å². The predicted octanol–water partition coefficient (Wildman–Crippen LogP) is 2.15. The summed E-state index contributed by atoms with van der Waals surface area (Å²) in [5, 5.41) is 0. The van der Waals surface area contributed by atoms with Gasteiger partial charge in [-0.3, -0.25) is 4.90 Å². The standard InChI is InChI=1S/C11H11NO2/c1-9-7-12(11(13)14-9)8-10-5-3-2-4-6-10/h2-6H,1,7-8H2. The number of benzene rings is 1. The number of hydrogen-bond acceptors (Lipinski definition) is 2. The van der Waals surface area contributed by atoms with Crippen molar-refractivity contribution in [1.82, 2.24) is 4.90 Å². The van der Waals surface area contributed by atoms with Crippen molar-refractivity contribution in [1.29, 1.82) is 0 Å². The van der Waals surface area contributed by atoms with E-state index in [1.165, 1.54) is 0 Å². The third-order valence-electron chi connectivity index (χ3n) is 2.07. The third kappa shape index (κ3) is 1.76. The maximum atomic E-state index is 11.2. The number of rotatable bonds is 2. The summed E-state index contributed by atoms with van der Waals surface area (Å²) < 4.78 is 4.84. The summed E-state index contributed by atoms with van der Waals surface area (Å²) in [5.41, 5.74) is 1.10. The maximum absolute atomic E-state index is 11.2. The Labute approximate surface area is 82.6 Å². The first-order chi connectivity index (χ1) is 6.75. The number of ether oxygens (including phenoxy) is 1. The monoisotopic (exact) mass is 189 g/mol. The van der Waals surface area contributed by atoms with E-state index in [1.54, 1.807) is 4.90 Å². The summed E-state index contributed by atoms with van der Waals surface area (Å²) in [7, 11) is 0. The van der Waals surface area contributed by atoms with Gasteiger partial charge in [-0.15, -0.1) is 0 Å². The lowest BCUT2D eigenvalue weighted by Gasteiger charge is -2.11. The molecule has 0 saturated carbocycles. The van der Waals surface area contributed by atoms with Crippen LogP contribution in [0, 0.1) is 0 Å². The van der Waals surface area contributed by atoms with Gasteiger partial charge in [-0.05, 0) is 5.56 Å². The van der Waals surface area contributed by atoms with Crippen LogP contribution in [0.4, 0.5) is 4.79 Å². The van der Waals surface area contributed by atoms with Gasteiger partial charge < -0.3 is 4.74 Å². The molecule has 0 aromatic heterocycles. The molecule has 14 heavy (non-hydrogen) atoms. The van der Waals surface area contributed by atoms with E-state index in [4.69, 9.17) is 4.74 Å². The molecule has 0 radical (unpaired) electrons. The summed E-state index contributed by atoms with van der Waals surface area (Å²) in [6, 6.07) is 9.81. The van der Waals surface area contributed by atoms with Crippen molar-refractivity contribution < 1.29 is 9.53 Å². The van der Waals surface area contributed by atoms with Crippen LogP contribution in [0.1, 0.15) is 5.56 Å². The molecule has 1 aliphatic rings. The molecule has 1 aromatic carbocycles. The van der Waals surface area contributed by atoms with Crippen LogP contribution < -0.4 is 0 Å². The van der Waals surface area contributed by atoms with Crippen molar-refractivity contribution in [3.05, 3.63) is 48.2 Å². The van der Waals surface area contributed by atoms with Crippen LogP contribution in [-0.4, -0.2) is 17.5 Å². The highest BCUT2D eigenvalue weighted by atomic mass is 16.6.